The second-order valence-corrected chi connectivity index (χ2v) is 6.89. The fraction of sp³-hybridized carbons (Fsp3) is 0.625. The summed E-state index contributed by atoms with van der Waals surface area (Å²) >= 11 is 1.66. The number of carbonyl (C=O) groups excluding carboxylic acids is 1. The Kier molecular flexibility index (Phi) is 4.82. The van der Waals surface area contributed by atoms with Crippen LogP contribution in [0.3, 0.4) is 0 Å². The summed E-state index contributed by atoms with van der Waals surface area (Å²) < 4.78 is 0. The molecule has 0 aromatic carbocycles. The molecule has 0 spiro atoms. The molecule has 108 valence electrons. The predicted molar refractivity (Wildman–Crippen MR) is 81.1 cm³/mol. The van der Waals surface area contributed by atoms with Crippen LogP contribution in [0.4, 0.5) is 0 Å². The first-order chi connectivity index (χ1) is 9.59. The van der Waals surface area contributed by atoms with Crippen LogP contribution in [0.2, 0.25) is 0 Å². The fourth-order valence-electron chi connectivity index (χ4n) is 2.86. The number of rotatable bonds is 4. The van der Waals surface area contributed by atoms with Crippen molar-refractivity contribution in [2.24, 2.45) is 5.41 Å². The molecule has 3 nitrogen and oxygen atoms in total. The minimum Gasteiger partial charge on any atom is -0.334 e. The van der Waals surface area contributed by atoms with E-state index in [1.807, 2.05) is 36.3 Å². The molecule has 4 heteroatoms. The fourth-order valence-corrected chi connectivity index (χ4v) is 3.57. The Balaban J connectivity index is 2.19. The van der Waals surface area contributed by atoms with E-state index in [2.05, 4.69) is 6.07 Å². The minimum atomic E-state index is -0.778. The van der Waals surface area contributed by atoms with Crippen LogP contribution in [0.25, 0.3) is 0 Å². The molecule has 0 aliphatic heterocycles. The van der Waals surface area contributed by atoms with Gasteiger partial charge in [-0.25, -0.2) is 0 Å². The number of hydrogen-bond acceptors (Lipinski definition) is 3. The van der Waals surface area contributed by atoms with Gasteiger partial charge in [0.1, 0.15) is 5.41 Å². The van der Waals surface area contributed by atoms with Crippen molar-refractivity contribution >= 4 is 17.2 Å². The third-order valence-corrected chi connectivity index (χ3v) is 4.98. The van der Waals surface area contributed by atoms with Gasteiger partial charge < -0.3 is 4.90 Å². The third kappa shape index (κ3) is 3.04. The molecule has 0 N–H and O–H groups in total. The Morgan fingerprint density at radius 1 is 1.45 bits per heavy atom. The van der Waals surface area contributed by atoms with Crippen LogP contribution < -0.4 is 0 Å². The molecule has 1 saturated carbocycles. The van der Waals surface area contributed by atoms with Gasteiger partial charge in [0, 0.05) is 10.9 Å². The van der Waals surface area contributed by atoms with Gasteiger partial charge in [-0.3, -0.25) is 4.79 Å². The van der Waals surface area contributed by atoms with Gasteiger partial charge >= 0.3 is 0 Å². The average Bonchev–Trinajstić information content (AvgIpc) is 2.97. The maximum atomic E-state index is 12.9. The van der Waals surface area contributed by atoms with Gasteiger partial charge in [0.15, 0.2) is 0 Å². The van der Waals surface area contributed by atoms with Gasteiger partial charge in [-0.2, -0.15) is 5.26 Å². The molecular formula is C16H22N2OS. The van der Waals surface area contributed by atoms with Crippen molar-refractivity contribution in [1.82, 2.24) is 4.90 Å². The first-order valence-corrected chi connectivity index (χ1v) is 8.22. The van der Waals surface area contributed by atoms with Crippen molar-refractivity contribution in [3.8, 4) is 6.07 Å². The molecule has 2 rings (SSSR count). The molecule has 1 aromatic heterocycles. The summed E-state index contributed by atoms with van der Waals surface area (Å²) in [7, 11) is 0. The molecule has 0 atom stereocenters. The summed E-state index contributed by atoms with van der Waals surface area (Å²) in [5.74, 6) is 0.0306. The smallest absolute Gasteiger partial charge is 0.243 e. The van der Waals surface area contributed by atoms with Crippen LogP contribution >= 0.6 is 11.3 Å². The van der Waals surface area contributed by atoms with Gasteiger partial charge in [-0.1, -0.05) is 25.3 Å². The summed E-state index contributed by atoms with van der Waals surface area (Å²) in [6.45, 7) is 4.68. The van der Waals surface area contributed by atoms with E-state index in [0.717, 1.165) is 32.1 Å². The van der Waals surface area contributed by atoms with E-state index in [-0.39, 0.29) is 11.9 Å². The average molecular weight is 290 g/mol. The molecule has 20 heavy (non-hydrogen) atoms. The summed E-state index contributed by atoms with van der Waals surface area (Å²) in [6.07, 6.45) is 4.56. The van der Waals surface area contributed by atoms with Crippen molar-refractivity contribution in [2.75, 3.05) is 0 Å². The number of nitriles is 1. The highest BCUT2D eigenvalue weighted by Crippen LogP contribution is 2.38. The predicted octanol–water partition coefficient (Wildman–Crippen LogP) is 3.96. The van der Waals surface area contributed by atoms with Gasteiger partial charge in [0.2, 0.25) is 5.91 Å². The molecule has 0 bridgehead atoms. The summed E-state index contributed by atoms with van der Waals surface area (Å²) in [4.78, 5) is 16.0. The van der Waals surface area contributed by atoms with Gasteiger partial charge in [-0.15, -0.1) is 11.3 Å². The van der Waals surface area contributed by atoms with Crippen LogP contribution in [0, 0.1) is 16.7 Å². The Morgan fingerprint density at radius 2 is 2.15 bits per heavy atom. The minimum absolute atomic E-state index is 0.0306. The standard InChI is InChI=1S/C16H22N2OS/c1-13(2)18(11-14-7-6-10-20-14)15(19)16(12-17)8-4-3-5-9-16/h6-7,10,13H,3-5,8-9,11H2,1-2H3. The number of nitrogens with zero attached hydrogens (tertiary/aromatic N) is 2. The lowest BCUT2D eigenvalue weighted by atomic mass is 9.74. The molecule has 0 radical (unpaired) electrons. The molecule has 0 unspecified atom stereocenters. The van der Waals surface area contributed by atoms with Crippen molar-refractivity contribution < 1.29 is 4.79 Å². The topological polar surface area (TPSA) is 44.1 Å². The summed E-state index contributed by atoms with van der Waals surface area (Å²) in [6, 6.07) is 6.52. The number of hydrogen-bond donors (Lipinski definition) is 0. The molecule has 1 aromatic rings. The summed E-state index contributed by atoms with van der Waals surface area (Å²) in [5.41, 5.74) is -0.778. The van der Waals surface area contributed by atoms with Gasteiger partial charge in [-0.05, 0) is 38.1 Å². The molecular weight excluding hydrogens is 268 g/mol. The van der Waals surface area contributed by atoms with Gasteiger partial charge in [0.05, 0.1) is 12.6 Å². The van der Waals surface area contributed by atoms with Crippen molar-refractivity contribution in [1.29, 1.82) is 5.26 Å². The molecule has 1 fully saturated rings. The van der Waals surface area contributed by atoms with Crippen LogP contribution in [0.15, 0.2) is 17.5 Å². The molecule has 1 amide bonds. The maximum Gasteiger partial charge on any atom is 0.243 e. The van der Waals surface area contributed by atoms with Crippen molar-refractivity contribution in [3.05, 3.63) is 22.4 Å². The second-order valence-electron chi connectivity index (χ2n) is 5.86. The zero-order valence-corrected chi connectivity index (χ0v) is 13.1. The van der Waals surface area contributed by atoms with E-state index in [0.29, 0.717) is 6.54 Å². The molecule has 0 saturated heterocycles. The largest absolute Gasteiger partial charge is 0.334 e. The summed E-state index contributed by atoms with van der Waals surface area (Å²) in [5, 5.41) is 11.6. The van der Waals surface area contributed by atoms with E-state index in [9.17, 15) is 10.1 Å². The van der Waals surface area contributed by atoms with Crippen LogP contribution in [0.5, 0.6) is 0 Å². The lowest BCUT2D eigenvalue weighted by Crippen LogP contribution is -2.47. The normalized spacial score (nSPS) is 17.7. The SMILES string of the molecule is CC(C)N(Cc1cccs1)C(=O)C1(C#N)CCCCC1. The van der Waals surface area contributed by atoms with E-state index in [1.165, 1.54) is 4.88 Å². The maximum absolute atomic E-state index is 12.9. The number of amides is 1. The number of carbonyl (C=O) groups is 1. The highest BCUT2D eigenvalue weighted by Gasteiger charge is 2.43. The Morgan fingerprint density at radius 3 is 2.65 bits per heavy atom. The highest BCUT2D eigenvalue weighted by molar-refractivity contribution is 7.09. The Labute approximate surface area is 125 Å². The van der Waals surface area contributed by atoms with Crippen molar-refractivity contribution in [2.45, 2.75) is 58.5 Å². The van der Waals surface area contributed by atoms with E-state index >= 15 is 0 Å². The quantitative estimate of drug-likeness (QED) is 0.842. The third-order valence-electron chi connectivity index (χ3n) is 4.12. The first kappa shape index (κ1) is 15.1. The lowest BCUT2D eigenvalue weighted by Gasteiger charge is -2.36. The Bertz CT molecular complexity index is 481. The second kappa shape index (κ2) is 6.41. The highest BCUT2D eigenvalue weighted by atomic mass is 32.1. The lowest BCUT2D eigenvalue weighted by molar-refractivity contribution is -0.143. The van der Waals surface area contributed by atoms with E-state index < -0.39 is 5.41 Å². The molecule has 1 heterocycles. The van der Waals surface area contributed by atoms with Crippen molar-refractivity contribution in [3.63, 3.8) is 0 Å². The van der Waals surface area contributed by atoms with Crippen LogP contribution in [-0.2, 0) is 11.3 Å². The van der Waals surface area contributed by atoms with Gasteiger partial charge in [0.25, 0.3) is 0 Å². The first-order valence-electron chi connectivity index (χ1n) is 7.34. The van der Waals surface area contributed by atoms with Crippen LogP contribution in [0.1, 0.15) is 50.8 Å². The Hall–Kier alpha value is -1.34. The zero-order valence-electron chi connectivity index (χ0n) is 12.3. The zero-order chi connectivity index (χ0) is 14.6. The monoisotopic (exact) mass is 290 g/mol. The molecule has 1 aliphatic carbocycles. The van der Waals surface area contributed by atoms with E-state index in [4.69, 9.17) is 0 Å². The number of thiophene rings is 1. The molecule has 1 aliphatic rings. The van der Waals surface area contributed by atoms with E-state index in [1.54, 1.807) is 11.3 Å². The van der Waals surface area contributed by atoms with Crippen LogP contribution in [-0.4, -0.2) is 16.8 Å².